The summed E-state index contributed by atoms with van der Waals surface area (Å²) in [6.07, 6.45) is 4.48. The summed E-state index contributed by atoms with van der Waals surface area (Å²) in [5.74, 6) is 0.549. The highest BCUT2D eigenvalue weighted by molar-refractivity contribution is 7.89. The average Bonchev–Trinajstić information content (AvgIpc) is 3.42. The SMILES string of the molecule is COc1cc(C)c(S(=O)(=O)N2CCCCC2COCC(=O)N2CCn3cccc3C2c2ccc(C)c(C)c2)c(C)c1. The van der Waals surface area contributed by atoms with E-state index in [0.717, 1.165) is 30.6 Å². The molecule has 2 aromatic carbocycles. The van der Waals surface area contributed by atoms with Gasteiger partial charge in [0.05, 0.1) is 24.7 Å². The van der Waals surface area contributed by atoms with E-state index in [0.29, 0.717) is 41.3 Å². The van der Waals surface area contributed by atoms with E-state index in [1.807, 2.05) is 11.0 Å². The average molecular weight is 580 g/mol. The van der Waals surface area contributed by atoms with E-state index in [1.54, 1.807) is 37.4 Å². The Bertz CT molecular complexity index is 1510. The minimum Gasteiger partial charge on any atom is -0.497 e. The van der Waals surface area contributed by atoms with Crippen LogP contribution in [0.15, 0.2) is 53.6 Å². The molecule has 220 valence electrons. The Morgan fingerprint density at radius 3 is 2.39 bits per heavy atom. The van der Waals surface area contributed by atoms with Crippen molar-refractivity contribution in [2.75, 3.05) is 33.4 Å². The van der Waals surface area contributed by atoms with Crippen molar-refractivity contribution < 1.29 is 22.7 Å². The Hall–Kier alpha value is -3.14. The van der Waals surface area contributed by atoms with E-state index in [2.05, 4.69) is 48.9 Å². The quantitative estimate of drug-likeness (QED) is 0.378. The number of nitrogens with zero attached hydrogens (tertiary/aromatic N) is 3. The molecular weight excluding hydrogens is 538 g/mol. The molecule has 8 nitrogen and oxygen atoms in total. The molecule has 1 fully saturated rings. The summed E-state index contributed by atoms with van der Waals surface area (Å²) < 4.78 is 42.9. The van der Waals surface area contributed by atoms with Gasteiger partial charge in [-0.15, -0.1) is 0 Å². The second-order valence-electron chi connectivity index (χ2n) is 11.3. The van der Waals surface area contributed by atoms with Crippen molar-refractivity contribution in [1.82, 2.24) is 13.8 Å². The summed E-state index contributed by atoms with van der Waals surface area (Å²) in [5.41, 5.74) is 5.89. The normalized spacial score (nSPS) is 19.7. The molecule has 2 atom stereocenters. The molecule has 0 bridgehead atoms. The Balaban J connectivity index is 1.31. The summed E-state index contributed by atoms with van der Waals surface area (Å²) in [6, 6.07) is 13.5. The third kappa shape index (κ3) is 5.80. The van der Waals surface area contributed by atoms with E-state index in [-0.39, 0.29) is 31.2 Å². The number of fused-ring (bicyclic) bond motifs is 1. The van der Waals surface area contributed by atoms with E-state index >= 15 is 0 Å². The molecule has 1 aromatic heterocycles. The van der Waals surface area contributed by atoms with Crippen molar-refractivity contribution in [2.45, 2.75) is 70.5 Å². The zero-order valence-electron chi connectivity index (χ0n) is 24.7. The Morgan fingerprint density at radius 2 is 1.68 bits per heavy atom. The molecule has 0 radical (unpaired) electrons. The minimum atomic E-state index is -3.75. The number of hydrogen-bond acceptors (Lipinski definition) is 5. The van der Waals surface area contributed by atoms with Gasteiger partial charge in [-0.05, 0) is 92.6 Å². The number of sulfonamides is 1. The van der Waals surface area contributed by atoms with Crippen LogP contribution in [0, 0.1) is 27.7 Å². The number of methoxy groups -OCH3 is 1. The number of aromatic nitrogens is 1. The molecule has 0 spiro atoms. The summed E-state index contributed by atoms with van der Waals surface area (Å²) in [5, 5.41) is 0. The van der Waals surface area contributed by atoms with Crippen LogP contribution in [0.4, 0.5) is 0 Å². The van der Waals surface area contributed by atoms with Gasteiger partial charge < -0.3 is 18.9 Å². The molecule has 3 heterocycles. The third-order valence-corrected chi connectivity index (χ3v) is 10.8. The van der Waals surface area contributed by atoms with Crippen LogP contribution in [0.1, 0.15) is 58.8 Å². The minimum absolute atomic E-state index is 0.0901. The molecule has 5 rings (SSSR count). The third-order valence-electron chi connectivity index (χ3n) is 8.55. The van der Waals surface area contributed by atoms with Gasteiger partial charge in [-0.25, -0.2) is 8.42 Å². The molecular formula is C32H41N3O5S. The number of aryl methyl sites for hydroxylation is 4. The standard InChI is InChI=1S/C32H41N3O5S/c1-22-11-12-26(17-23(22)2)31-29-10-8-13-33(29)15-16-34(31)30(36)21-40-20-27-9-6-7-14-35(27)41(37,38)32-24(3)18-28(39-5)19-25(32)4/h8,10-13,17-19,27,31H,6-7,9,14-16,20-21H2,1-5H3. The molecule has 1 amide bonds. The molecule has 2 unspecified atom stereocenters. The van der Waals surface area contributed by atoms with Gasteiger partial charge in [0.15, 0.2) is 0 Å². The van der Waals surface area contributed by atoms with Crippen LogP contribution in [-0.4, -0.2) is 67.6 Å². The van der Waals surface area contributed by atoms with Gasteiger partial charge in [0.2, 0.25) is 15.9 Å². The largest absolute Gasteiger partial charge is 0.497 e. The van der Waals surface area contributed by atoms with Crippen LogP contribution in [0.3, 0.4) is 0 Å². The lowest BCUT2D eigenvalue weighted by molar-refractivity contribution is -0.139. The van der Waals surface area contributed by atoms with Crippen molar-refractivity contribution in [2.24, 2.45) is 0 Å². The van der Waals surface area contributed by atoms with Crippen LogP contribution in [0.25, 0.3) is 0 Å². The van der Waals surface area contributed by atoms with Gasteiger partial charge in [0.1, 0.15) is 12.4 Å². The second kappa shape index (κ2) is 12.0. The Kier molecular flexibility index (Phi) is 8.59. The van der Waals surface area contributed by atoms with Gasteiger partial charge in [-0.3, -0.25) is 4.79 Å². The lowest BCUT2D eigenvalue weighted by Crippen LogP contribution is -2.47. The number of carbonyl (C=O) groups is 1. The molecule has 0 N–H and O–H groups in total. The number of ether oxygens (including phenoxy) is 2. The topological polar surface area (TPSA) is 81.1 Å². The monoisotopic (exact) mass is 579 g/mol. The second-order valence-corrected chi connectivity index (χ2v) is 13.2. The Morgan fingerprint density at radius 1 is 0.927 bits per heavy atom. The van der Waals surface area contributed by atoms with Crippen molar-refractivity contribution in [3.05, 3.63) is 82.2 Å². The van der Waals surface area contributed by atoms with Crippen molar-refractivity contribution in [1.29, 1.82) is 0 Å². The van der Waals surface area contributed by atoms with Gasteiger partial charge in [0.25, 0.3) is 0 Å². The fraction of sp³-hybridized carbons (Fsp3) is 0.469. The van der Waals surface area contributed by atoms with E-state index in [9.17, 15) is 13.2 Å². The maximum Gasteiger partial charge on any atom is 0.249 e. The number of piperidine rings is 1. The number of benzene rings is 2. The number of rotatable bonds is 8. The molecule has 0 aliphatic carbocycles. The summed E-state index contributed by atoms with van der Waals surface area (Å²) in [6.45, 7) is 9.62. The van der Waals surface area contributed by atoms with Gasteiger partial charge >= 0.3 is 0 Å². The first kappa shape index (κ1) is 29.4. The number of amides is 1. The lowest BCUT2D eigenvalue weighted by Gasteiger charge is -2.38. The fourth-order valence-electron chi connectivity index (χ4n) is 6.31. The maximum absolute atomic E-state index is 13.9. The molecule has 3 aromatic rings. The summed E-state index contributed by atoms with van der Waals surface area (Å²) >= 11 is 0. The van der Waals surface area contributed by atoms with Crippen LogP contribution >= 0.6 is 0 Å². The van der Waals surface area contributed by atoms with Crippen molar-refractivity contribution in [3.8, 4) is 5.75 Å². The lowest BCUT2D eigenvalue weighted by atomic mass is 9.96. The molecule has 41 heavy (non-hydrogen) atoms. The number of hydrogen-bond donors (Lipinski definition) is 0. The van der Waals surface area contributed by atoms with E-state index in [4.69, 9.17) is 9.47 Å². The summed E-state index contributed by atoms with van der Waals surface area (Å²) in [4.78, 5) is 15.8. The molecule has 2 aliphatic rings. The van der Waals surface area contributed by atoms with Gasteiger partial charge in [0, 0.05) is 37.6 Å². The van der Waals surface area contributed by atoms with Crippen LogP contribution in [0.2, 0.25) is 0 Å². The Labute approximate surface area is 243 Å². The molecule has 0 saturated carbocycles. The highest BCUT2D eigenvalue weighted by atomic mass is 32.2. The molecule has 2 aliphatic heterocycles. The van der Waals surface area contributed by atoms with Crippen LogP contribution < -0.4 is 4.74 Å². The van der Waals surface area contributed by atoms with Crippen molar-refractivity contribution >= 4 is 15.9 Å². The number of carbonyl (C=O) groups excluding carboxylic acids is 1. The highest BCUT2D eigenvalue weighted by Crippen LogP contribution is 2.34. The molecule has 9 heteroatoms. The van der Waals surface area contributed by atoms with Crippen LogP contribution in [0.5, 0.6) is 5.75 Å². The predicted octanol–water partition coefficient (Wildman–Crippen LogP) is 4.92. The molecule has 1 saturated heterocycles. The first-order valence-corrected chi connectivity index (χ1v) is 15.8. The van der Waals surface area contributed by atoms with Crippen molar-refractivity contribution in [3.63, 3.8) is 0 Å². The predicted molar refractivity (Wildman–Crippen MR) is 159 cm³/mol. The summed E-state index contributed by atoms with van der Waals surface area (Å²) in [7, 11) is -2.17. The van der Waals surface area contributed by atoms with Gasteiger partial charge in [-0.1, -0.05) is 24.6 Å². The van der Waals surface area contributed by atoms with Crippen LogP contribution in [-0.2, 0) is 26.1 Å². The van der Waals surface area contributed by atoms with E-state index < -0.39 is 10.0 Å². The zero-order valence-corrected chi connectivity index (χ0v) is 25.5. The first-order valence-electron chi connectivity index (χ1n) is 14.4. The highest BCUT2D eigenvalue weighted by Gasteiger charge is 2.36. The first-order chi connectivity index (χ1) is 19.6. The van der Waals surface area contributed by atoms with E-state index in [1.165, 1.54) is 11.1 Å². The maximum atomic E-state index is 13.9. The zero-order chi connectivity index (χ0) is 29.3. The fourth-order valence-corrected chi connectivity index (χ4v) is 8.41. The van der Waals surface area contributed by atoms with Gasteiger partial charge in [-0.2, -0.15) is 4.31 Å². The smallest absolute Gasteiger partial charge is 0.249 e.